The Morgan fingerprint density at radius 1 is 1.01 bits per heavy atom. The molecule has 0 aliphatic carbocycles. The molecule has 9 atom stereocenters. The summed E-state index contributed by atoms with van der Waals surface area (Å²) >= 11 is 0. The minimum Gasteiger partial charge on any atom is -0.507 e. The number of anilines is 1. The van der Waals surface area contributed by atoms with Crippen LogP contribution in [0.5, 0.6) is 23.0 Å². The zero-order valence-electron chi connectivity index (χ0n) is 41.3. The fourth-order valence-electron chi connectivity index (χ4n) is 8.91. The molecular weight excluding hydrogens is 877 g/mol. The number of carbonyl (C=O) groups excluding carboxylic acids is 3. The number of aliphatic hydroxyl groups is 2. The predicted molar refractivity (Wildman–Crippen MR) is 260 cm³/mol. The SMILES string of the molecule is CO[C@H]1/C=C/O[C@@]2(C)Oc3c(C)c(O)c4c(O)c(c(/C=N/N5CC[N+](C)(CC#C[Si](C)(C)C)CC5)c(O)c4c3C2=O)NC(=O)/C(C)=C\C=C\C[C@H](C)[C@H](O)[C@@H](C)[C@@H](O)[C@@H](C)[C@H](OC(C)=O)[C@@H]1C. The first-order valence-electron chi connectivity index (χ1n) is 22.9. The van der Waals surface area contributed by atoms with Crippen LogP contribution in [0.1, 0.15) is 76.4 Å². The fourth-order valence-corrected chi connectivity index (χ4v) is 9.52. The Bertz CT molecular complexity index is 2410. The Kier molecular flexibility index (Phi) is 16.4. The lowest BCUT2D eigenvalue weighted by Crippen LogP contribution is -2.56. The summed E-state index contributed by atoms with van der Waals surface area (Å²) in [5, 5.41) is 67.8. The molecule has 6 N–H and O–H groups in total. The number of hydrazone groups is 1. The van der Waals surface area contributed by atoms with Gasteiger partial charge in [0.05, 0.1) is 86.2 Å². The molecule has 366 valence electrons. The third kappa shape index (κ3) is 11.5. The van der Waals surface area contributed by atoms with Crippen molar-refractivity contribution in [3.8, 4) is 34.5 Å². The van der Waals surface area contributed by atoms with Gasteiger partial charge in [-0.05, 0) is 32.3 Å². The van der Waals surface area contributed by atoms with Gasteiger partial charge in [-0.1, -0.05) is 71.5 Å². The van der Waals surface area contributed by atoms with Crippen molar-refractivity contribution in [2.24, 2.45) is 28.8 Å². The lowest BCUT2D eigenvalue weighted by Gasteiger charge is -2.39. The van der Waals surface area contributed by atoms with E-state index in [2.05, 4.69) is 43.5 Å². The summed E-state index contributed by atoms with van der Waals surface area (Å²) in [7, 11) is 2.06. The number of esters is 1. The summed E-state index contributed by atoms with van der Waals surface area (Å²) < 4.78 is 24.5. The number of benzene rings is 2. The third-order valence-electron chi connectivity index (χ3n) is 13.4. The molecule has 17 heteroatoms. The lowest BCUT2D eigenvalue weighted by atomic mass is 9.78. The molecule has 1 amide bonds. The van der Waals surface area contributed by atoms with E-state index < -0.39 is 90.9 Å². The van der Waals surface area contributed by atoms with E-state index in [1.54, 1.807) is 45.9 Å². The molecule has 2 aromatic rings. The second kappa shape index (κ2) is 20.9. The van der Waals surface area contributed by atoms with Crippen LogP contribution in [-0.4, -0.2) is 144 Å². The number of phenolic OH excluding ortho intramolecular Hbond substituents is 3. The number of nitrogens with zero attached hydrogens (tertiary/aromatic N) is 3. The van der Waals surface area contributed by atoms with E-state index in [9.17, 15) is 39.9 Å². The summed E-state index contributed by atoms with van der Waals surface area (Å²) in [4.78, 5) is 40.9. The van der Waals surface area contributed by atoms with Crippen LogP contribution in [0.3, 0.4) is 0 Å². The molecule has 5 bridgehead atoms. The molecule has 4 aliphatic rings. The molecule has 0 radical (unpaired) electrons. The monoisotopic (exact) mass is 947 g/mol. The van der Waals surface area contributed by atoms with Crippen LogP contribution in [0.15, 0.2) is 41.2 Å². The number of ketones is 1. The van der Waals surface area contributed by atoms with E-state index in [1.165, 1.54) is 46.4 Å². The number of hydrogen-bond donors (Lipinski definition) is 6. The molecule has 67 heavy (non-hydrogen) atoms. The van der Waals surface area contributed by atoms with E-state index in [-0.39, 0.29) is 50.4 Å². The number of ether oxygens (including phenoxy) is 4. The van der Waals surface area contributed by atoms with E-state index in [4.69, 9.17) is 24.0 Å². The number of Topliss-reactive ketones (excluding diaryl/α,β-unsaturated/α-hetero) is 1. The van der Waals surface area contributed by atoms with Crippen LogP contribution in [0.4, 0.5) is 5.69 Å². The first kappa shape index (κ1) is 52.6. The standard InChI is InChI=1S/C50H70N4O12Si/c1-28-17-14-15-18-29(2)49(62)52-40-35(27-51-53-20-23-54(9,24-21-53)22-16-26-67(11,12)13)44(59)37-38(45(40)60)43(58)33(6)47-39(37)48(61)50(8,66-47)64-25-19-36(63-10)30(3)46(65-34(7)55)32(5)42(57)31(4)41(28)56/h14-15,18-19,25,27-28,30-32,36,41-42,46,56-57H,17,20-24H2,1-13H3,(H3-,51,52,58,59,60,61,62)/p+1/b15-14+,25-19+,29-18-/t28-,30+,31+,32+,36-,41-,42+,46+,50-/m0/s1. The molecule has 4 aliphatic heterocycles. The van der Waals surface area contributed by atoms with Gasteiger partial charge in [0.2, 0.25) is 0 Å². The molecule has 0 saturated carbocycles. The molecule has 0 spiro atoms. The first-order valence-corrected chi connectivity index (χ1v) is 26.4. The van der Waals surface area contributed by atoms with Gasteiger partial charge >= 0.3 is 11.8 Å². The Labute approximate surface area is 395 Å². The molecule has 6 rings (SSSR count). The molecule has 16 nitrogen and oxygen atoms in total. The van der Waals surface area contributed by atoms with E-state index >= 15 is 0 Å². The fraction of sp³-hybridized carbons (Fsp3) is 0.560. The van der Waals surface area contributed by atoms with E-state index in [0.29, 0.717) is 26.1 Å². The van der Waals surface area contributed by atoms with Crippen LogP contribution in [0, 0.1) is 42.1 Å². The highest BCUT2D eigenvalue weighted by molar-refractivity contribution is 6.83. The number of aliphatic hydroxyl groups excluding tert-OH is 2. The van der Waals surface area contributed by atoms with Gasteiger partial charge in [-0.2, -0.15) is 5.10 Å². The van der Waals surface area contributed by atoms with Gasteiger partial charge in [0, 0.05) is 55.2 Å². The summed E-state index contributed by atoms with van der Waals surface area (Å²) in [5.41, 5.74) is 3.14. The third-order valence-corrected chi connectivity index (χ3v) is 14.3. The van der Waals surface area contributed by atoms with Gasteiger partial charge in [0.15, 0.2) is 5.75 Å². The first-order chi connectivity index (χ1) is 31.3. The van der Waals surface area contributed by atoms with Gasteiger partial charge in [0.25, 0.3) is 11.7 Å². The molecule has 2 aromatic carbocycles. The number of allylic oxidation sites excluding steroid dienone is 3. The van der Waals surface area contributed by atoms with Gasteiger partial charge in [-0.3, -0.25) is 19.4 Å². The number of methoxy groups -OCH3 is 1. The summed E-state index contributed by atoms with van der Waals surface area (Å²) in [5.74, 6) is -4.71. The van der Waals surface area contributed by atoms with Gasteiger partial charge in [0.1, 0.15) is 38.0 Å². The normalized spacial score (nSPS) is 30.4. The Hall–Kier alpha value is -5.38. The van der Waals surface area contributed by atoms with Crippen LogP contribution in [0.2, 0.25) is 19.6 Å². The maximum atomic E-state index is 14.6. The summed E-state index contributed by atoms with van der Waals surface area (Å²) in [6, 6.07) is 0. The smallest absolute Gasteiger partial charge is 0.312 e. The maximum absolute atomic E-state index is 14.6. The zero-order chi connectivity index (χ0) is 49.9. The average Bonchev–Trinajstić information content (AvgIpc) is 3.53. The summed E-state index contributed by atoms with van der Waals surface area (Å²) in [6.07, 6.45) is 5.63. The Morgan fingerprint density at radius 3 is 2.28 bits per heavy atom. The van der Waals surface area contributed by atoms with Crippen molar-refractivity contribution in [1.82, 2.24) is 5.01 Å². The number of quaternary nitrogens is 1. The number of fused-ring (bicyclic) bond motifs is 15. The predicted octanol–water partition coefficient (Wildman–Crippen LogP) is 6.12. The van der Waals surface area contributed by atoms with Crippen LogP contribution in [0.25, 0.3) is 10.8 Å². The minimum atomic E-state index is -2.06. The summed E-state index contributed by atoms with van der Waals surface area (Å²) in [6.45, 7) is 22.6. The number of nitrogens with one attached hydrogen (secondary N) is 1. The topological polar surface area (TPSA) is 217 Å². The molecule has 0 unspecified atom stereocenters. The second-order valence-electron chi connectivity index (χ2n) is 20.0. The van der Waals surface area contributed by atoms with E-state index in [1.807, 2.05) is 11.9 Å². The molecule has 4 heterocycles. The zero-order valence-corrected chi connectivity index (χ0v) is 42.3. The van der Waals surface area contributed by atoms with Crippen molar-refractivity contribution in [2.45, 2.75) is 112 Å². The highest BCUT2D eigenvalue weighted by atomic mass is 28.3. The number of carbonyl (C=O) groups is 3. The van der Waals surface area contributed by atoms with Crippen LogP contribution in [-0.2, 0) is 23.8 Å². The minimum absolute atomic E-state index is 0.0564. The van der Waals surface area contributed by atoms with Gasteiger partial charge in [-0.15, -0.1) is 5.54 Å². The molecular formula is C50H71N4O12Si+. The lowest BCUT2D eigenvalue weighted by molar-refractivity contribution is -0.906. The van der Waals surface area contributed by atoms with Gasteiger partial charge < -0.3 is 54.3 Å². The van der Waals surface area contributed by atoms with Crippen molar-refractivity contribution in [2.75, 3.05) is 52.2 Å². The highest BCUT2D eigenvalue weighted by Crippen LogP contribution is 2.55. The average molecular weight is 948 g/mol. The van der Waals surface area contributed by atoms with Gasteiger partial charge in [-0.25, -0.2) is 0 Å². The number of piperazine rings is 1. The van der Waals surface area contributed by atoms with Crippen LogP contribution < -0.4 is 10.1 Å². The van der Waals surface area contributed by atoms with Crippen molar-refractivity contribution < 1.29 is 63.3 Å². The highest BCUT2D eigenvalue weighted by Gasteiger charge is 2.50. The number of amides is 1. The Morgan fingerprint density at radius 2 is 1.67 bits per heavy atom. The largest absolute Gasteiger partial charge is 0.507 e. The number of phenols is 3. The number of rotatable bonds is 5. The molecule has 0 aromatic heterocycles. The number of likely N-dealkylation sites (N-methyl/N-ethyl adjacent to an activating group) is 1. The number of hydrogen-bond acceptors (Lipinski definition) is 14. The maximum Gasteiger partial charge on any atom is 0.312 e. The van der Waals surface area contributed by atoms with Crippen molar-refractivity contribution in [1.29, 1.82) is 0 Å². The number of aromatic hydroxyl groups is 3. The van der Waals surface area contributed by atoms with Crippen molar-refractivity contribution >= 4 is 48.4 Å². The van der Waals surface area contributed by atoms with E-state index in [0.717, 1.165) is 17.6 Å². The molecule has 1 fully saturated rings. The van der Waals surface area contributed by atoms with Crippen LogP contribution >= 0.6 is 0 Å². The quantitative estimate of drug-likeness (QED) is 0.0379. The Balaban J connectivity index is 1.64. The second-order valence-corrected chi connectivity index (χ2v) is 24.7. The van der Waals surface area contributed by atoms with Crippen molar-refractivity contribution in [3.63, 3.8) is 0 Å². The van der Waals surface area contributed by atoms with Crippen molar-refractivity contribution in [3.05, 3.63) is 52.8 Å². The molecule has 1 saturated heterocycles.